The number of carbonyl (C=O) groups excluding carboxylic acids is 3. The molecule has 2 aliphatic heterocycles. The van der Waals surface area contributed by atoms with Gasteiger partial charge in [0.2, 0.25) is 11.8 Å². The quantitative estimate of drug-likeness (QED) is 0.648. The fraction of sp³-hybridized carbons (Fsp3) is 0.500. The summed E-state index contributed by atoms with van der Waals surface area (Å²) in [5.41, 5.74) is 8.27. The van der Waals surface area contributed by atoms with Crippen molar-refractivity contribution in [2.45, 2.75) is 44.4 Å². The van der Waals surface area contributed by atoms with Gasteiger partial charge in [0, 0.05) is 31.1 Å². The monoisotopic (exact) mass is 342 g/mol. The van der Waals surface area contributed by atoms with Gasteiger partial charge in [-0.3, -0.25) is 19.7 Å². The molecule has 2 heterocycles. The highest BCUT2D eigenvalue weighted by atomic mass is 16.2. The number of hydrogen-bond acceptors (Lipinski definition) is 5. The van der Waals surface area contributed by atoms with Gasteiger partial charge in [-0.1, -0.05) is 18.2 Å². The molecule has 25 heavy (non-hydrogen) atoms. The summed E-state index contributed by atoms with van der Waals surface area (Å²) in [6.45, 7) is 1.73. The third-order valence-electron chi connectivity index (χ3n) is 5.42. The van der Waals surface area contributed by atoms with Gasteiger partial charge in [-0.15, -0.1) is 0 Å². The van der Waals surface area contributed by atoms with Crippen molar-refractivity contribution in [3.05, 3.63) is 34.9 Å². The zero-order valence-electron chi connectivity index (χ0n) is 14.0. The summed E-state index contributed by atoms with van der Waals surface area (Å²) in [5.74, 6) is -0.226. The Morgan fingerprint density at radius 3 is 2.84 bits per heavy atom. The van der Waals surface area contributed by atoms with E-state index in [4.69, 9.17) is 5.73 Å². The number of imide groups is 1. The third kappa shape index (κ3) is 2.94. The molecule has 0 spiro atoms. The third-order valence-corrected chi connectivity index (χ3v) is 5.42. The summed E-state index contributed by atoms with van der Waals surface area (Å²) in [4.78, 5) is 38.0. The molecule has 3 amide bonds. The molecule has 0 bridgehead atoms. The van der Waals surface area contributed by atoms with Crippen LogP contribution >= 0.6 is 0 Å². The molecule has 2 fully saturated rings. The van der Waals surface area contributed by atoms with Crippen LogP contribution in [0, 0.1) is 5.92 Å². The average Bonchev–Trinajstić information content (AvgIpc) is 3.29. The topological polar surface area (TPSA) is 105 Å². The first kappa shape index (κ1) is 16.2. The van der Waals surface area contributed by atoms with Crippen LogP contribution in [0.3, 0.4) is 0 Å². The van der Waals surface area contributed by atoms with Crippen LogP contribution in [0.5, 0.6) is 0 Å². The van der Waals surface area contributed by atoms with Crippen LogP contribution in [0.25, 0.3) is 0 Å². The van der Waals surface area contributed by atoms with Gasteiger partial charge in [0.15, 0.2) is 0 Å². The summed E-state index contributed by atoms with van der Waals surface area (Å²) in [6.07, 6.45) is 1.74. The summed E-state index contributed by atoms with van der Waals surface area (Å²) in [6, 6.07) is 5.71. The van der Waals surface area contributed by atoms with Crippen molar-refractivity contribution in [2.75, 3.05) is 6.54 Å². The van der Waals surface area contributed by atoms with E-state index in [1.807, 2.05) is 18.2 Å². The fourth-order valence-corrected chi connectivity index (χ4v) is 3.84. The number of rotatable bonds is 5. The molecular weight excluding hydrogens is 320 g/mol. The number of amides is 3. The number of nitrogens with two attached hydrogens (primary N) is 1. The van der Waals surface area contributed by atoms with E-state index in [0.717, 1.165) is 17.5 Å². The summed E-state index contributed by atoms with van der Waals surface area (Å²) in [7, 11) is 0. The molecule has 132 valence electrons. The first-order chi connectivity index (χ1) is 12.1. The normalized spacial score (nSPS) is 28.1. The van der Waals surface area contributed by atoms with Gasteiger partial charge >= 0.3 is 0 Å². The molecule has 1 saturated heterocycles. The molecule has 7 nitrogen and oxygen atoms in total. The number of nitrogens with zero attached hydrogens (tertiary/aromatic N) is 1. The smallest absolute Gasteiger partial charge is 0.255 e. The molecule has 1 saturated carbocycles. The predicted octanol–water partition coefficient (Wildman–Crippen LogP) is -0.116. The van der Waals surface area contributed by atoms with E-state index in [0.29, 0.717) is 43.6 Å². The van der Waals surface area contributed by atoms with Crippen LogP contribution in [0.2, 0.25) is 0 Å². The summed E-state index contributed by atoms with van der Waals surface area (Å²) < 4.78 is 0. The highest BCUT2D eigenvalue weighted by molar-refractivity contribution is 6.05. The summed E-state index contributed by atoms with van der Waals surface area (Å²) >= 11 is 0. The van der Waals surface area contributed by atoms with Crippen molar-refractivity contribution in [1.82, 2.24) is 15.5 Å². The molecule has 1 aromatic carbocycles. The lowest BCUT2D eigenvalue weighted by molar-refractivity contribution is -0.136. The number of hydrogen-bond donors (Lipinski definition) is 3. The van der Waals surface area contributed by atoms with Crippen molar-refractivity contribution in [2.24, 2.45) is 11.7 Å². The minimum Gasteiger partial charge on any atom is -0.330 e. The molecule has 3 aliphatic rings. The average molecular weight is 342 g/mol. The fourth-order valence-electron chi connectivity index (χ4n) is 3.84. The SMILES string of the molecule is NCC1CC1NCc1cccc2c1C(=O)N(C1CCC(=O)NC1=O)C2. The van der Waals surface area contributed by atoms with Crippen molar-refractivity contribution in [1.29, 1.82) is 0 Å². The Balaban J connectivity index is 1.50. The summed E-state index contributed by atoms with van der Waals surface area (Å²) in [5, 5.41) is 5.79. The minimum absolute atomic E-state index is 0.118. The Kier molecular flexibility index (Phi) is 4.05. The highest BCUT2D eigenvalue weighted by Crippen LogP contribution is 2.32. The number of piperidine rings is 1. The number of fused-ring (bicyclic) bond motifs is 1. The molecule has 1 aromatic rings. The van der Waals surface area contributed by atoms with Crippen molar-refractivity contribution < 1.29 is 14.4 Å². The van der Waals surface area contributed by atoms with E-state index in [-0.39, 0.29) is 24.1 Å². The first-order valence-corrected chi connectivity index (χ1v) is 8.77. The molecule has 0 aromatic heterocycles. The maximum Gasteiger partial charge on any atom is 0.255 e. The molecule has 4 N–H and O–H groups in total. The lowest BCUT2D eigenvalue weighted by Crippen LogP contribution is -2.52. The van der Waals surface area contributed by atoms with Crippen molar-refractivity contribution in [3.63, 3.8) is 0 Å². The van der Waals surface area contributed by atoms with Crippen LogP contribution in [0.4, 0.5) is 0 Å². The van der Waals surface area contributed by atoms with E-state index in [1.165, 1.54) is 0 Å². The molecule has 0 radical (unpaired) electrons. The number of benzene rings is 1. The van der Waals surface area contributed by atoms with Crippen molar-refractivity contribution in [3.8, 4) is 0 Å². The van der Waals surface area contributed by atoms with Crippen LogP contribution in [0.1, 0.15) is 40.7 Å². The second-order valence-electron chi connectivity index (χ2n) is 7.07. The van der Waals surface area contributed by atoms with Crippen LogP contribution in [-0.4, -0.2) is 41.2 Å². The van der Waals surface area contributed by atoms with Crippen LogP contribution in [0.15, 0.2) is 18.2 Å². The largest absolute Gasteiger partial charge is 0.330 e. The molecule has 4 rings (SSSR count). The second kappa shape index (κ2) is 6.24. The second-order valence-corrected chi connectivity index (χ2v) is 7.07. The predicted molar refractivity (Wildman–Crippen MR) is 90.3 cm³/mol. The Morgan fingerprint density at radius 1 is 1.28 bits per heavy atom. The van der Waals surface area contributed by atoms with Gasteiger partial charge in [0.25, 0.3) is 5.91 Å². The maximum absolute atomic E-state index is 12.9. The van der Waals surface area contributed by atoms with E-state index in [1.54, 1.807) is 4.90 Å². The number of nitrogens with one attached hydrogen (secondary N) is 2. The Labute approximate surface area is 145 Å². The molecule has 7 heteroatoms. The van der Waals surface area contributed by atoms with Gasteiger partial charge in [-0.05, 0) is 36.4 Å². The van der Waals surface area contributed by atoms with E-state index in [2.05, 4.69) is 10.6 Å². The molecule has 1 aliphatic carbocycles. The molecular formula is C18H22N4O3. The van der Waals surface area contributed by atoms with Crippen molar-refractivity contribution >= 4 is 17.7 Å². The van der Waals surface area contributed by atoms with Gasteiger partial charge in [-0.25, -0.2) is 0 Å². The lowest BCUT2D eigenvalue weighted by atomic mass is 10.0. The van der Waals surface area contributed by atoms with Gasteiger partial charge in [-0.2, -0.15) is 0 Å². The Morgan fingerprint density at radius 2 is 2.12 bits per heavy atom. The van der Waals surface area contributed by atoms with E-state index >= 15 is 0 Å². The molecule has 3 atom stereocenters. The van der Waals surface area contributed by atoms with Gasteiger partial charge in [0.1, 0.15) is 6.04 Å². The van der Waals surface area contributed by atoms with E-state index < -0.39 is 6.04 Å². The Bertz CT molecular complexity index is 748. The first-order valence-electron chi connectivity index (χ1n) is 8.77. The van der Waals surface area contributed by atoms with Gasteiger partial charge in [0.05, 0.1) is 0 Å². The zero-order chi connectivity index (χ0) is 17.6. The van der Waals surface area contributed by atoms with Gasteiger partial charge < -0.3 is 16.0 Å². The number of carbonyl (C=O) groups is 3. The zero-order valence-corrected chi connectivity index (χ0v) is 14.0. The maximum atomic E-state index is 12.9. The molecule has 3 unspecified atom stereocenters. The van der Waals surface area contributed by atoms with E-state index in [9.17, 15) is 14.4 Å². The van der Waals surface area contributed by atoms with Crippen LogP contribution < -0.4 is 16.4 Å². The minimum atomic E-state index is -0.566. The standard InChI is InChI=1S/C18H22N4O3/c19-7-12-6-13(12)20-8-10-2-1-3-11-9-22(18(25)16(10)11)14-4-5-15(23)21-17(14)24/h1-3,12-14,20H,4-9,19H2,(H,21,23,24). The lowest BCUT2D eigenvalue weighted by Gasteiger charge is -2.29. The van der Waals surface area contributed by atoms with Crippen LogP contribution in [-0.2, 0) is 22.7 Å². The highest BCUT2D eigenvalue weighted by Gasteiger charge is 2.40. The Hall–Kier alpha value is -2.25.